The molecule has 0 bridgehead atoms. The topological polar surface area (TPSA) is 72.2 Å². The van der Waals surface area contributed by atoms with Crippen molar-refractivity contribution in [2.75, 3.05) is 5.75 Å². The summed E-state index contributed by atoms with van der Waals surface area (Å²) in [7, 11) is -3.90. The minimum atomic E-state index is -3.90. The first-order valence-corrected chi connectivity index (χ1v) is 10.7. The summed E-state index contributed by atoms with van der Waals surface area (Å²) in [6.45, 7) is 4.19. The molecule has 0 radical (unpaired) electrons. The van der Waals surface area contributed by atoms with Crippen molar-refractivity contribution in [3.05, 3.63) is 71.5 Å². The predicted octanol–water partition coefficient (Wildman–Crippen LogP) is 4.23. The van der Waals surface area contributed by atoms with E-state index in [-0.39, 0.29) is 5.75 Å². The molecular formula is C21H24N2O3S. The van der Waals surface area contributed by atoms with Crippen LogP contribution in [0, 0.1) is 6.92 Å². The maximum atomic E-state index is 10.8. The van der Waals surface area contributed by atoms with Crippen molar-refractivity contribution in [1.82, 2.24) is 9.78 Å². The number of hydrogen-bond donors (Lipinski definition) is 1. The summed E-state index contributed by atoms with van der Waals surface area (Å²) in [6.07, 6.45) is 1.86. The standard InChI is InChI=1S/C21H24N2O3S/c1-3-20-21(18-9-5-4-6-10-18)16(2)23(22-20)19-13-11-17(12-14-19)8-7-15-27(24,25)26/h4-6,9-14H,3,7-8,15H2,1-2H3,(H,24,25,26). The van der Waals surface area contributed by atoms with Gasteiger partial charge >= 0.3 is 0 Å². The first-order valence-electron chi connectivity index (χ1n) is 9.07. The predicted molar refractivity (Wildman–Crippen MR) is 108 cm³/mol. The van der Waals surface area contributed by atoms with Gasteiger partial charge < -0.3 is 0 Å². The van der Waals surface area contributed by atoms with E-state index >= 15 is 0 Å². The number of nitrogens with zero attached hydrogens (tertiary/aromatic N) is 2. The number of aryl methyl sites for hydroxylation is 2. The van der Waals surface area contributed by atoms with Crippen molar-refractivity contribution in [1.29, 1.82) is 0 Å². The van der Waals surface area contributed by atoms with Gasteiger partial charge in [-0.1, -0.05) is 49.4 Å². The van der Waals surface area contributed by atoms with Gasteiger partial charge in [0.15, 0.2) is 0 Å². The van der Waals surface area contributed by atoms with E-state index in [1.54, 1.807) is 0 Å². The molecule has 0 saturated carbocycles. The Hall–Kier alpha value is -2.44. The van der Waals surface area contributed by atoms with Crippen LogP contribution in [0.3, 0.4) is 0 Å². The smallest absolute Gasteiger partial charge is 0.264 e. The summed E-state index contributed by atoms with van der Waals surface area (Å²) < 4.78 is 32.4. The van der Waals surface area contributed by atoms with Gasteiger partial charge in [0.25, 0.3) is 10.1 Å². The largest absolute Gasteiger partial charge is 0.286 e. The number of benzene rings is 2. The molecule has 1 aromatic heterocycles. The zero-order valence-corrected chi connectivity index (χ0v) is 16.4. The third-order valence-corrected chi connectivity index (χ3v) is 5.44. The first kappa shape index (κ1) is 19.3. The molecule has 3 aromatic rings. The molecule has 0 aliphatic heterocycles. The van der Waals surface area contributed by atoms with Crippen LogP contribution in [-0.4, -0.2) is 28.5 Å². The van der Waals surface area contributed by atoms with E-state index in [2.05, 4.69) is 26.0 Å². The molecule has 3 rings (SSSR count). The van der Waals surface area contributed by atoms with Gasteiger partial charge in [0, 0.05) is 11.3 Å². The molecule has 0 saturated heterocycles. The van der Waals surface area contributed by atoms with E-state index in [1.807, 2.05) is 47.1 Å². The molecule has 0 fully saturated rings. The summed E-state index contributed by atoms with van der Waals surface area (Å²) in [5.41, 5.74) is 6.51. The van der Waals surface area contributed by atoms with E-state index < -0.39 is 10.1 Å². The average molecular weight is 385 g/mol. The van der Waals surface area contributed by atoms with Gasteiger partial charge in [-0.2, -0.15) is 13.5 Å². The number of hydrogen-bond acceptors (Lipinski definition) is 3. The maximum absolute atomic E-state index is 10.8. The van der Waals surface area contributed by atoms with Crippen LogP contribution in [0.25, 0.3) is 16.8 Å². The highest BCUT2D eigenvalue weighted by atomic mass is 32.2. The van der Waals surface area contributed by atoms with E-state index in [4.69, 9.17) is 9.65 Å². The van der Waals surface area contributed by atoms with Gasteiger partial charge in [0.05, 0.1) is 17.1 Å². The Labute approximate surface area is 160 Å². The highest BCUT2D eigenvalue weighted by molar-refractivity contribution is 7.85. The van der Waals surface area contributed by atoms with Crippen LogP contribution in [0.15, 0.2) is 54.6 Å². The molecule has 5 nitrogen and oxygen atoms in total. The number of rotatable bonds is 7. The van der Waals surface area contributed by atoms with Crippen molar-refractivity contribution in [2.24, 2.45) is 0 Å². The minimum absolute atomic E-state index is 0.215. The Balaban J connectivity index is 1.86. The Bertz CT molecular complexity index is 1010. The van der Waals surface area contributed by atoms with Crippen molar-refractivity contribution in [2.45, 2.75) is 33.1 Å². The molecule has 1 N–H and O–H groups in total. The fourth-order valence-corrected chi connectivity index (χ4v) is 3.81. The third kappa shape index (κ3) is 4.64. The molecule has 0 atom stereocenters. The quantitative estimate of drug-likeness (QED) is 0.619. The molecule has 27 heavy (non-hydrogen) atoms. The highest BCUT2D eigenvalue weighted by Crippen LogP contribution is 2.29. The molecule has 1 heterocycles. The average Bonchev–Trinajstić information content (AvgIpc) is 2.98. The zero-order valence-electron chi connectivity index (χ0n) is 15.6. The molecular weight excluding hydrogens is 360 g/mol. The third-order valence-electron chi connectivity index (χ3n) is 4.63. The zero-order chi connectivity index (χ0) is 19.4. The molecule has 2 aromatic carbocycles. The van der Waals surface area contributed by atoms with Crippen LogP contribution in [-0.2, 0) is 23.0 Å². The van der Waals surface area contributed by atoms with Gasteiger partial charge in [-0.05, 0) is 49.4 Å². The van der Waals surface area contributed by atoms with Crippen molar-refractivity contribution >= 4 is 10.1 Å². The molecule has 0 spiro atoms. The Morgan fingerprint density at radius 2 is 1.70 bits per heavy atom. The normalized spacial score (nSPS) is 11.7. The lowest BCUT2D eigenvalue weighted by molar-refractivity contribution is 0.481. The lowest BCUT2D eigenvalue weighted by Crippen LogP contribution is -2.05. The lowest BCUT2D eigenvalue weighted by atomic mass is 10.0. The first-order chi connectivity index (χ1) is 12.9. The Morgan fingerprint density at radius 3 is 2.30 bits per heavy atom. The fourth-order valence-electron chi connectivity index (χ4n) is 3.30. The van der Waals surface area contributed by atoms with Crippen LogP contribution < -0.4 is 0 Å². The van der Waals surface area contributed by atoms with Crippen LogP contribution in [0.2, 0.25) is 0 Å². The van der Waals surface area contributed by atoms with E-state index in [9.17, 15) is 8.42 Å². The van der Waals surface area contributed by atoms with Crippen molar-refractivity contribution < 1.29 is 13.0 Å². The monoisotopic (exact) mass is 384 g/mol. The summed E-state index contributed by atoms with van der Waals surface area (Å²) in [4.78, 5) is 0. The maximum Gasteiger partial charge on any atom is 0.264 e. The molecule has 0 aliphatic carbocycles. The summed E-state index contributed by atoms with van der Waals surface area (Å²) in [5.74, 6) is -0.215. The Kier molecular flexibility index (Phi) is 5.77. The fraction of sp³-hybridized carbons (Fsp3) is 0.286. The van der Waals surface area contributed by atoms with Crippen molar-refractivity contribution in [3.63, 3.8) is 0 Å². The summed E-state index contributed by atoms with van der Waals surface area (Å²) in [5, 5.41) is 4.80. The van der Waals surface area contributed by atoms with Gasteiger partial charge in [0.2, 0.25) is 0 Å². The van der Waals surface area contributed by atoms with Gasteiger partial charge in [-0.3, -0.25) is 4.55 Å². The summed E-state index contributed by atoms with van der Waals surface area (Å²) in [6, 6.07) is 18.2. The van der Waals surface area contributed by atoms with E-state index in [0.29, 0.717) is 12.8 Å². The lowest BCUT2D eigenvalue weighted by Gasteiger charge is -2.07. The molecule has 142 valence electrons. The Morgan fingerprint density at radius 1 is 1.04 bits per heavy atom. The van der Waals surface area contributed by atoms with Gasteiger partial charge in [0.1, 0.15) is 0 Å². The van der Waals surface area contributed by atoms with Crippen LogP contribution in [0.5, 0.6) is 0 Å². The van der Waals surface area contributed by atoms with Gasteiger partial charge in [-0.25, -0.2) is 4.68 Å². The van der Waals surface area contributed by atoms with Crippen LogP contribution >= 0.6 is 0 Å². The van der Waals surface area contributed by atoms with Gasteiger partial charge in [-0.15, -0.1) is 0 Å². The van der Waals surface area contributed by atoms with Crippen LogP contribution in [0.4, 0.5) is 0 Å². The minimum Gasteiger partial charge on any atom is -0.286 e. The second-order valence-corrected chi connectivity index (χ2v) is 8.17. The molecule has 0 aliphatic rings. The molecule has 6 heteroatoms. The SMILES string of the molecule is CCc1nn(-c2ccc(CCCS(=O)(=O)O)cc2)c(C)c1-c1ccccc1. The molecule has 0 unspecified atom stereocenters. The van der Waals surface area contributed by atoms with E-state index in [1.165, 1.54) is 11.1 Å². The number of aromatic nitrogens is 2. The second-order valence-electron chi connectivity index (χ2n) is 6.59. The van der Waals surface area contributed by atoms with E-state index in [0.717, 1.165) is 29.1 Å². The second kappa shape index (κ2) is 8.06. The summed E-state index contributed by atoms with van der Waals surface area (Å²) >= 11 is 0. The van der Waals surface area contributed by atoms with Crippen molar-refractivity contribution in [3.8, 4) is 16.8 Å². The van der Waals surface area contributed by atoms with Crippen LogP contribution in [0.1, 0.15) is 30.3 Å². The highest BCUT2D eigenvalue weighted by Gasteiger charge is 2.16. The molecule has 0 amide bonds.